The van der Waals surface area contributed by atoms with E-state index in [0.29, 0.717) is 36.9 Å². The molecule has 2 amide bonds. The molecule has 0 spiro atoms. The highest BCUT2D eigenvalue weighted by atomic mass is 35.5. The highest BCUT2D eigenvalue weighted by Gasteiger charge is 2.41. The van der Waals surface area contributed by atoms with Crippen molar-refractivity contribution >= 4 is 23.4 Å². The van der Waals surface area contributed by atoms with Crippen LogP contribution in [0, 0.1) is 5.92 Å². The number of nitrogens with one attached hydrogen (secondary N) is 1. The van der Waals surface area contributed by atoms with E-state index < -0.39 is 17.6 Å². The van der Waals surface area contributed by atoms with Gasteiger partial charge in [-0.05, 0) is 60.1 Å². The van der Waals surface area contributed by atoms with E-state index in [1.54, 1.807) is 22.5 Å². The minimum atomic E-state index is -4.56. The molecule has 1 fully saturated rings. The summed E-state index contributed by atoms with van der Waals surface area (Å²) in [5, 5.41) is 8.59. The Balaban J connectivity index is 1.53. The quantitative estimate of drug-likeness (QED) is 0.528. The maximum absolute atomic E-state index is 13.1. The highest BCUT2D eigenvalue weighted by Crippen LogP contribution is 2.44. The van der Waals surface area contributed by atoms with E-state index in [-0.39, 0.29) is 29.3 Å². The molecule has 1 heterocycles. The molecule has 31 heavy (non-hydrogen) atoms. The fourth-order valence-electron chi connectivity index (χ4n) is 4.78. The van der Waals surface area contributed by atoms with Gasteiger partial charge < -0.3 is 4.90 Å². The third-order valence-electron chi connectivity index (χ3n) is 6.20. The third-order valence-corrected chi connectivity index (χ3v) is 6.53. The van der Waals surface area contributed by atoms with E-state index >= 15 is 0 Å². The van der Waals surface area contributed by atoms with Crippen molar-refractivity contribution in [2.24, 2.45) is 5.92 Å². The highest BCUT2D eigenvalue weighted by molar-refractivity contribution is 6.31. The summed E-state index contributed by atoms with van der Waals surface area (Å²) in [5.74, 6) is -1.03. The van der Waals surface area contributed by atoms with Crippen LogP contribution in [0.5, 0.6) is 0 Å². The maximum Gasteiger partial charge on any atom is 0.417 e. The third kappa shape index (κ3) is 4.02. The molecule has 2 aromatic carbocycles. The first kappa shape index (κ1) is 21.6. The molecular formula is C22H20ClF3N2O3. The van der Waals surface area contributed by atoms with Gasteiger partial charge in [0.1, 0.15) is 0 Å². The molecule has 4 rings (SSSR count). The minimum absolute atomic E-state index is 0.0603. The number of carbonyl (C=O) groups excluding carboxylic acids is 2. The summed E-state index contributed by atoms with van der Waals surface area (Å²) in [5.41, 5.74) is 3.27. The number of rotatable bonds is 4. The predicted molar refractivity (Wildman–Crippen MR) is 107 cm³/mol. The average Bonchev–Trinajstić information content (AvgIpc) is 3.31. The molecule has 9 heteroatoms. The molecule has 2 N–H and O–H groups in total. The summed E-state index contributed by atoms with van der Waals surface area (Å²) < 4.78 is 39.4. The number of benzene rings is 2. The molecule has 2 atom stereocenters. The fourth-order valence-corrected chi connectivity index (χ4v) is 5.00. The summed E-state index contributed by atoms with van der Waals surface area (Å²) in [6.07, 6.45) is -2.64. The van der Waals surface area contributed by atoms with Crippen molar-refractivity contribution in [3.63, 3.8) is 0 Å². The van der Waals surface area contributed by atoms with Gasteiger partial charge in [0.2, 0.25) is 5.91 Å². The van der Waals surface area contributed by atoms with Crippen molar-refractivity contribution < 1.29 is 28.0 Å². The smallest absolute Gasteiger partial charge is 0.338 e. The number of hydrogen-bond acceptors (Lipinski definition) is 3. The van der Waals surface area contributed by atoms with E-state index in [1.807, 2.05) is 6.07 Å². The number of nitrogens with zero attached hydrogens (tertiary/aromatic N) is 1. The Morgan fingerprint density at radius 3 is 2.68 bits per heavy atom. The monoisotopic (exact) mass is 452 g/mol. The van der Waals surface area contributed by atoms with Gasteiger partial charge in [-0.15, -0.1) is 0 Å². The first-order valence-corrected chi connectivity index (χ1v) is 10.3. The number of hydroxylamine groups is 1. The minimum Gasteiger partial charge on any atom is -0.338 e. The Labute approximate surface area is 181 Å². The molecule has 0 radical (unpaired) electrons. The first-order chi connectivity index (χ1) is 14.7. The summed E-state index contributed by atoms with van der Waals surface area (Å²) in [7, 11) is 0. The second kappa shape index (κ2) is 8.16. The fraction of sp³-hybridized carbons (Fsp3) is 0.364. The normalized spacial score (nSPS) is 20.8. The standard InChI is InChI=1S/C22H20ClF3N2O3/c23-19-7-4-12(10-18(19)22(24,25)26)11-28-9-8-17(21(28)30)15-6-5-14-13(15)2-1-3-16(14)20(29)27-31/h1-4,7,10,15,17,31H,5-6,8-9,11H2,(H,27,29). The van der Waals surface area contributed by atoms with Crippen LogP contribution >= 0.6 is 11.6 Å². The summed E-state index contributed by atoms with van der Waals surface area (Å²) in [6.45, 7) is 0.540. The number of hydrogen-bond donors (Lipinski definition) is 2. The number of halogens is 4. The zero-order chi connectivity index (χ0) is 22.3. The van der Waals surface area contributed by atoms with Gasteiger partial charge in [-0.1, -0.05) is 29.8 Å². The summed E-state index contributed by atoms with van der Waals surface area (Å²) in [6, 6.07) is 8.96. The Kier molecular flexibility index (Phi) is 5.70. The van der Waals surface area contributed by atoms with Crippen LogP contribution in [-0.4, -0.2) is 28.5 Å². The van der Waals surface area contributed by atoms with Crippen LogP contribution in [0.1, 0.15) is 51.4 Å². The van der Waals surface area contributed by atoms with Crippen LogP contribution in [0.3, 0.4) is 0 Å². The van der Waals surface area contributed by atoms with Crippen molar-refractivity contribution in [3.05, 3.63) is 69.2 Å². The lowest BCUT2D eigenvalue weighted by atomic mass is 9.85. The molecule has 2 aromatic rings. The van der Waals surface area contributed by atoms with Gasteiger partial charge in [0, 0.05) is 24.6 Å². The molecule has 1 aliphatic carbocycles. The van der Waals surface area contributed by atoms with E-state index in [1.165, 1.54) is 12.1 Å². The Morgan fingerprint density at radius 2 is 1.97 bits per heavy atom. The van der Waals surface area contributed by atoms with Crippen molar-refractivity contribution in [3.8, 4) is 0 Å². The lowest BCUT2D eigenvalue weighted by Gasteiger charge is -2.21. The van der Waals surface area contributed by atoms with Crippen molar-refractivity contribution in [2.45, 2.75) is 37.9 Å². The van der Waals surface area contributed by atoms with E-state index in [9.17, 15) is 22.8 Å². The molecule has 2 aliphatic rings. The Bertz CT molecular complexity index is 1040. The van der Waals surface area contributed by atoms with E-state index in [4.69, 9.17) is 16.8 Å². The SMILES string of the molecule is O=C(NO)c1cccc2c1CCC2C1CCN(Cc2ccc(Cl)c(C(F)(F)F)c2)C1=O. The van der Waals surface area contributed by atoms with Gasteiger partial charge in [-0.2, -0.15) is 13.2 Å². The van der Waals surface area contributed by atoms with Gasteiger partial charge in [0.05, 0.1) is 10.6 Å². The molecular weight excluding hydrogens is 433 g/mol. The zero-order valence-electron chi connectivity index (χ0n) is 16.4. The Morgan fingerprint density at radius 1 is 1.19 bits per heavy atom. The van der Waals surface area contributed by atoms with Crippen molar-refractivity contribution in [1.29, 1.82) is 0 Å². The molecule has 2 unspecified atom stereocenters. The average molecular weight is 453 g/mol. The Hall–Kier alpha value is -2.58. The van der Waals surface area contributed by atoms with Crippen LogP contribution in [0.15, 0.2) is 36.4 Å². The molecule has 1 saturated heterocycles. The molecule has 164 valence electrons. The second-order valence-electron chi connectivity index (χ2n) is 7.93. The summed E-state index contributed by atoms with van der Waals surface area (Å²) >= 11 is 5.68. The van der Waals surface area contributed by atoms with Gasteiger partial charge in [0.15, 0.2) is 0 Å². The number of likely N-dealkylation sites (tertiary alicyclic amines) is 1. The van der Waals surface area contributed by atoms with Crippen LogP contribution in [0.4, 0.5) is 13.2 Å². The number of alkyl halides is 3. The molecule has 1 aliphatic heterocycles. The first-order valence-electron chi connectivity index (χ1n) is 9.91. The molecule has 0 saturated carbocycles. The van der Waals surface area contributed by atoms with E-state index in [0.717, 1.165) is 17.2 Å². The largest absolute Gasteiger partial charge is 0.417 e. The van der Waals surface area contributed by atoms with Gasteiger partial charge in [0.25, 0.3) is 5.91 Å². The molecule has 5 nitrogen and oxygen atoms in total. The second-order valence-corrected chi connectivity index (χ2v) is 8.33. The molecule has 0 aromatic heterocycles. The lowest BCUT2D eigenvalue weighted by molar-refractivity contribution is -0.137. The predicted octanol–water partition coefficient (Wildman–Crippen LogP) is 4.56. The number of amides is 2. The molecule has 0 bridgehead atoms. The number of carbonyl (C=O) groups is 2. The van der Waals surface area contributed by atoms with Gasteiger partial charge in [-0.3, -0.25) is 14.8 Å². The topological polar surface area (TPSA) is 69.6 Å². The maximum atomic E-state index is 13.1. The zero-order valence-corrected chi connectivity index (χ0v) is 17.1. The van der Waals surface area contributed by atoms with Crippen molar-refractivity contribution in [1.82, 2.24) is 10.4 Å². The van der Waals surface area contributed by atoms with Crippen LogP contribution in [-0.2, 0) is 23.9 Å². The van der Waals surface area contributed by atoms with Crippen LogP contribution in [0.25, 0.3) is 0 Å². The van der Waals surface area contributed by atoms with Gasteiger partial charge >= 0.3 is 6.18 Å². The van der Waals surface area contributed by atoms with Gasteiger partial charge in [-0.25, -0.2) is 5.48 Å². The number of fused-ring (bicyclic) bond motifs is 1. The van der Waals surface area contributed by atoms with Crippen molar-refractivity contribution in [2.75, 3.05) is 6.54 Å². The van der Waals surface area contributed by atoms with Crippen LogP contribution < -0.4 is 5.48 Å². The van der Waals surface area contributed by atoms with Crippen LogP contribution in [0.2, 0.25) is 5.02 Å². The van der Waals surface area contributed by atoms with E-state index in [2.05, 4.69) is 0 Å². The lowest BCUT2D eigenvalue weighted by Crippen LogP contribution is -2.29. The summed E-state index contributed by atoms with van der Waals surface area (Å²) in [4.78, 5) is 26.6.